The molecule has 0 radical (unpaired) electrons. The first-order chi connectivity index (χ1) is 10.9. The summed E-state index contributed by atoms with van der Waals surface area (Å²) in [6, 6.07) is 4.55. The van der Waals surface area contributed by atoms with Gasteiger partial charge in [-0.05, 0) is 41.3 Å². The minimum atomic E-state index is -3.81. The highest BCUT2D eigenvalue weighted by molar-refractivity contribution is 7.08. The SMILES string of the molecule is O=C(NC1CC1)C(F)(F)c1ccc(-c2ccsc2)c([N+](=O)[O-])c1. The van der Waals surface area contributed by atoms with Gasteiger partial charge in [-0.15, -0.1) is 0 Å². The van der Waals surface area contributed by atoms with Gasteiger partial charge in [-0.1, -0.05) is 6.07 Å². The number of carbonyl (C=O) groups is 1. The second-order valence-electron chi connectivity index (χ2n) is 5.32. The van der Waals surface area contributed by atoms with Crippen LogP contribution >= 0.6 is 11.3 Å². The number of hydrogen-bond donors (Lipinski definition) is 1. The van der Waals surface area contributed by atoms with Gasteiger partial charge in [0.15, 0.2) is 0 Å². The van der Waals surface area contributed by atoms with Crippen molar-refractivity contribution in [2.45, 2.75) is 24.8 Å². The van der Waals surface area contributed by atoms with Gasteiger partial charge in [-0.2, -0.15) is 20.1 Å². The van der Waals surface area contributed by atoms with Crippen LogP contribution in [0.15, 0.2) is 35.0 Å². The lowest BCUT2D eigenvalue weighted by Crippen LogP contribution is -2.39. The van der Waals surface area contributed by atoms with Crippen LogP contribution in [-0.2, 0) is 10.7 Å². The summed E-state index contributed by atoms with van der Waals surface area (Å²) in [6.07, 6.45) is 1.36. The van der Waals surface area contributed by atoms with Crippen LogP contribution in [0.5, 0.6) is 0 Å². The zero-order valence-corrected chi connectivity index (χ0v) is 12.6. The van der Waals surface area contributed by atoms with E-state index >= 15 is 0 Å². The van der Waals surface area contributed by atoms with E-state index in [-0.39, 0.29) is 11.6 Å². The summed E-state index contributed by atoms with van der Waals surface area (Å²) in [5.74, 6) is -5.22. The van der Waals surface area contributed by atoms with E-state index in [9.17, 15) is 23.7 Å². The van der Waals surface area contributed by atoms with E-state index in [0.29, 0.717) is 18.4 Å². The number of nitrogens with one attached hydrogen (secondary N) is 1. The second-order valence-corrected chi connectivity index (χ2v) is 6.10. The van der Waals surface area contributed by atoms with Crippen LogP contribution in [0.1, 0.15) is 18.4 Å². The highest BCUT2D eigenvalue weighted by atomic mass is 32.1. The monoisotopic (exact) mass is 338 g/mol. The lowest BCUT2D eigenvalue weighted by molar-refractivity contribution is -0.384. The van der Waals surface area contributed by atoms with Crippen LogP contribution in [0.3, 0.4) is 0 Å². The maximum Gasteiger partial charge on any atom is 0.350 e. The van der Waals surface area contributed by atoms with E-state index in [0.717, 1.165) is 12.1 Å². The average Bonchev–Trinajstić information content (AvgIpc) is 3.16. The van der Waals surface area contributed by atoms with E-state index in [2.05, 4.69) is 5.32 Å². The number of amides is 1. The highest BCUT2D eigenvalue weighted by Gasteiger charge is 2.44. The Balaban J connectivity index is 1.98. The third-order valence-electron chi connectivity index (χ3n) is 3.59. The molecule has 2 aromatic rings. The van der Waals surface area contributed by atoms with E-state index in [4.69, 9.17) is 0 Å². The zero-order chi connectivity index (χ0) is 16.6. The van der Waals surface area contributed by atoms with Gasteiger partial charge in [-0.3, -0.25) is 14.9 Å². The molecule has 1 aliphatic rings. The van der Waals surface area contributed by atoms with Gasteiger partial charge in [0.2, 0.25) is 0 Å². The van der Waals surface area contributed by atoms with Gasteiger partial charge in [0, 0.05) is 17.7 Å². The van der Waals surface area contributed by atoms with Crippen molar-refractivity contribution in [1.82, 2.24) is 5.32 Å². The van der Waals surface area contributed by atoms with Crippen molar-refractivity contribution < 1.29 is 18.5 Å². The molecular formula is C15H12F2N2O3S. The van der Waals surface area contributed by atoms with Gasteiger partial charge in [-0.25, -0.2) is 0 Å². The summed E-state index contributed by atoms with van der Waals surface area (Å²) >= 11 is 1.35. The minimum Gasteiger partial charge on any atom is -0.348 e. The van der Waals surface area contributed by atoms with Crippen LogP contribution in [0.25, 0.3) is 11.1 Å². The maximum atomic E-state index is 14.2. The second kappa shape index (κ2) is 5.69. The Hall–Kier alpha value is -2.35. The average molecular weight is 338 g/mol. The number of thiophene rings is 1. The molecule has 5 nitrogen and oxygen atoms in total. The number of hydrogen-bond acceptors (Lipinski definition) is 4. The Morgan fingerprint density at radius 2 is 2.09 bits per heavy atom. The number of benzene rings is 1. The molecular weight excluding hydrogens is 326 g/mol. The summed E-state index contributed by atoms with van der Waals surface area (Å²) in [6.45, 7) is 0. The Morgan fingerprint density at radius 3 is 2.65 bits per heavy atom. The third-order valence-corrected chi connectivity index (χ3v) is 4.27. The van der Waals surface area contributed by atoms with Gasteiger partial charge >= 0.3 is 5.92 Å². The molecule has 3 rings (SSSR count). The van der Waals surface area contributed by atoms with E-state index in [1.807, 2.05) is 0 Å². The summed E-state index contributed by atoms with van der Waals surface area (Å²) in [5.41, 5.74) is -0.293. The molecule has 120 valence electrons. The molecule has 1 saturated carbocycles. The molecule has 8 heteroatoms. The summed E-state index contributed by atoms with van der Waals surface area (Å²) in [4.78, 5) is 22.2. The van der Waals surface area contributed by atoms with E-state index < -0.39 is 28.0 Å². The molecule has 1 aliphatic carbocycles. The van der Waals surface area contributed by atoms with Crippen molar-refractivity contribution in [1.29, 1.82) is 0 Å². The zero-order valence-electron chi connectivity index (χ0n) is 11.8. The predicted octanol–water partition coefficient (Wildman–Crippen LogP) is 3.69. The highest BCUT2D eigenvalue weighted by Crippen LogP contribution is 2.37. The number of nitro groups is 1. The summed E-state index contributed by atoms with van der Waals surface area (Å²) in [5, 5.41) is 16.9. The van der Waals surface area contributed by atoms with Crippen LogP contribution < -0.4 is 5.32 Å². The molecule has 1 N–H and O–H groups in total. The van der Waals surface area contributed by atoms with Crippen LogP contribution in [-0.4, -0.2) is 16.9 Å². The standard InChI is InChI=1S/C15H12F2N2O3S/c16-15(17,14(20)18-11-2-3-11)10-1-4-12(9-5-6-23-8-9)13(7-10)19(21)22/h1,4-8,11H,2-3H2,(H,18,20). The molecule has 0 spiro atoms. The Kier molecular flexibility index (Phi) is 3.85. The first-order valence-corrected chi connectivity index (χ1v) is 7.84. The van der Waals surface area contributed by atoms with Crippen LogP contribution in [0.4, 0.5) is 14.5 Å². The minimum absolute atomic E-state index is 0.214. The molecule has 23 heavy (non-hydrogen) atoms. The summed E-state index contributed by atoms with van der Waals surface area (Å²) in [7, 11) is 0. The number of nitrogens with zero attached hydrogens (tertiary/aromatic N) is 1. The van der Waals surface area contributed by atoms with Crippen molar-refractivity contribution in [3.05, 3.63) is 50.7 Å². The topological polar surface area (TPSA) is 72.2 Å². The largest absolute Gasteiger partial charge is 0.350 e. The molecule has 1 amide bonds. The van der Waals surface area contributed by atoms with Gasteiger partial charge < -0.3 is 5.32 Å². The van der Waals surface area contributed by atoms with E-state index in [1.54, 1.807) is 16.8 Å². The molecule has 0 bridgehead atoms. The Bertz CT molecular complexity index is 758. The first kappa shape index (κ1) is 15.5. The molecule has 1 aromatic carbocycles. The van der Waals surface area contributed by atoms with Crippen molar-refractivity contribution >= 4 is 22.9 Å². The molecule has 0 unspecified atom stereocenters. The van der Waals surface area contributed by atoms with Crippen LogP contribution in [0, 0.1) is 10.1 Å². The molecule has 0 aliphatic heterocycles. The molecule has 1 aromatic heterocycles. The first-order valence-electron chi connectivity index (χ1n) is 6.90. The fourth-order valence-electron chi connectivity index (χ4n) is 2.17. The lowest BCUT2D eigenvalue weighted by Gasteiger charge is -2.16. The Labute approximate surface area is 134 Å². The smallest absolute Gasteiger partial charge is 0.348 e. The number of halogens is 2. The van der Waals surface area contributed by atoms with Crippen molar-refractivity contribution in [3.63, 3.8) is 0 Å². The third kappa shape index (κ3) is 3.07. The van der Waals surface area contributed by atoms with Crippen molar-refractivity contribution in [2.24, 2.45) is 0 Å². The molecule has 0 atom stereocenters. The quantitative estimate of drug-likeness (QED) is 0.667. The van der Waals surface area contributed by atoms with Gasteiger partial charge in [0.25, 0.3) is 11.6 Å². The lowest BCUT2D eigenvalue weighted by atomic mass is 10.0. The van der Waals surface area contributed by atoms with Crippen molar-refractivity contribution in [3.8, 4) is 11.1 Å². The maximum absolute atomic E-state index is 14.2. The summed E-state index contributed by atoms with van der Waals surface area (Å²) < 4.78 is 28.4. The number of alkyl halides is 2. The van der Waals surface area contributed by atoms with Crippen molar-refractivity contribution in [2.75, 3.05) is 0 Å². The molecule has 1 fully saturated rings. The van der Waals surface area contributed by atoms with Gasteiger partial charge in [0.05, 0.1) is 10.5 Å². The number of nitro benzene ring substituents is 1. The number of carbonyl (C=O) groups excluding carboxylic acids is 1. The molecule has 1 heterocycles. The Morgan fingerprint density at radius 1 is 1.35 bits per heavy atom. The molecule has 0 saturated heterocycles. The van der Waals surface area contributed by atoms with E-state index in [1.165, 1.54) is 17.4 Å². The fraction of sp³-hybridized carbons (Fsp3) is 0.267. The van der Waals surface area contributed by atoms with Gasteiger partial charge in [0.1, 0.15) is 0 Å². The number of rotatable bonds is 5. The van der Waals surface area contributed by atoms with Crippen LogP contribution in [0.2, 0.25) is 0 Å². The fourth-order valence-corrected chi connectivity index (χ4v) is 2.83. The predicted molar refractivity (Wildman–Crippen MR) is 81.5 cm³/mol. The normalized spacial score (nSPS) is 14.5.